The molecule has 0 saturated heterocycles. The second-order valence-electron chi connectivity index (χ2n) is 2.68. The maximum atomic E-state index is 5.29. The van der Waals surface area contributed by atoms with E-state index in [9.17, 15) is 0 Å². The lowest BCUT2D eigenvalue weighted by molar-refractivity contribution is 0.123. The van der Waals surface area contributed by atoms with Crippen molar-refractivity contribution in [1.82, 2.24) is 5.43 Å². The van der Waals surface area contributed by atoms with Crippen LogP contribution in [0.25, 0.3) is 0 Å². The summed E-state index contributed by atoms with van der Waals surface area (Å²) in [4.78, 5) is 0. The third kappa shape index (κ3) is 6.04. The Morgan fingerprint density at radius 3 is 2.73 bits per heavy atom. The molecule has 0 bridgehead atoms. The molecule has 0 aromatic heterocycles. The first-order valence-electron chi connectivity index (χ1n) is 3.89. The Balaban J connectivity index is 3.49. The van der Waals surface area contributed by atoms with E-state index in [1.165, 1.54) is 0 Å². The molecule has 0 aromatic rings. The number of nitrogens with one attached hydrogen (secondary N) is 1. The summed E-state index contributed by atoms with van der Waals surface area (Å²) in [6, 6.07) is 0.201. The predicted octanol–water partition coefficient (Wildman–Crippen LogP) is 0.821. The predicted molar refractivity (Wildman–Crippen MR) is 47.0 cm³/mol. The van der Waals surface area contributed by atoms with E-state index in [4.69, 9.17) is 10.6 Å². The molecule has 0 rings (SSSR count). The first kappa shape index (κ1) is 10.6. The number of hydrogen-bond acceptors (Lipinski definition) is 3. The molecule has 0 spiro atoms. The molecule has 0 aromatic carbocycles. The van der Waals surface area contributed by atoms with Gasteiger partial charge in [0, 0.05) is 12.6 Å². The zero-order valence-corrected chi connectivity index (χ0v) is 7.39. The van der Waals surface area contributed by atoms with Crippen LogP contribution in [-0.2, 0) is 4.74 Å². The molecule has 11 heavy (non-hydrogen) atoms. The van der Waals surface area contributed by atoms with Gasteiger partial charge in [-0.3, -0.25) is 11.3 Å². The van der Waals surface area contributed by atoms with Crippen LogP contribution in [0.15, 0.2) is 12.2 Å². The molecule has 1 unspecified atom stereocenters. The Labute approximate surface area is 68.6 Å². The summed E-state index contributed by atoms with van der Waals surface area (Å²) in [5, 5.41) is 0. The van der Waals surface area contributed by atoms with Crippen LogP contribution >= 0.6 is 0 Å². The van der Waals surface area contributed by atoms with Crippen LogP contribution in [-0.4, -0.2) is 19.3 Å². The molecule has 66 valence electrons. The van der Waals surface area contributed by atoms with Gasteiger partial charge in [0.05, 0.1) is 6.61 Å². The number of hydrazine groups is 1. The summed E-state index contributed by atoms with van der Waals surface area (Å²) >= 11 is 0. The number of hydrogen-bond donors (Lipinski definition) is 2. The molecule has 0 saturated carbocycles. The molecule has 0 aliphatic carbocycles. The molecule has 0 fully saturated rings. The molecule has 0 aliphatic rings. The lowest BCUT2D eigenvalue weighted by atomic mass is 10.1. The summed E-state index contributed by atoms with van der Waals surface area (Å²) in [6.45, 7) is 9.13. The van der Waals surface area contributed by atoms with Crippen molar-refractivity contribution < 1.29 is 4.74 Å². The van der Waals surface area contributed by atoms with Gasteiger partial charge in [-0.05, 0) is 20.3 Å². The van der Waals surface area contributed by atoms with Crippen LogP contribution < -0.4 is 11.3 Å². The summed E-state index contributed by atoms with van der Waals surface area (Å²) < 4.78 is 5.20. The molecule has 3 heteroatoms. The van der Waals surface area contributed by atoms with Gasteiger partial charge in [-0.1, -0.05) is 5.57 Å². The average Bonchev–Trinajstić information content (AvgIpc) is 1.97. The van der Waals surface area contributed by atoms with E-state index in [0.29, 0.717) is 6.61 Å². The highest BCUT2D eigenvalue weighted by molar-refractivity contribution is 4.92. The normalized spacial score (nSPS) is 13.0. The van der Waals surface area contributed by atoms with Crippen molar-refractivity contribution in [2.24, 2.45) is 5.84 Å². The lowest BCUT2D eigenvalue weighted by Gasteiger charge is -2.14. The SMILES string of the molecule is C=C(C)CC(COCC)NN. The van der Waals surface area contributed by atoms with Crippen LogP contribution in [0.4, 0.5) is 0 Å². The van der Waals surface area contributed by atoms with Crippen molar-refractivity contribution in [3.05, 3.63) is 12.2 Å². The number of nitrogens with two attached hydrogens (primary N) is 1. The molecular formula is C8H18N2O. The lowest BCUT2D eigenvalue weighted by Crippen LogP contribution is -2.38. The summed E-state index contributed by atoms with van der Waals surface area (Å²) in [5.74, 6) is 5.29. The Bertz CT molecular complexity index is 115. The Morgan fingerprint density at radius 2 is 2.36 bits per heavy atom. The second-order valence-corrected chi connectivity index (χ2v) is 2.68. The first-order chi connectivity index (χ1) is 5.20. The number of ether oxygens (including phenoxy) is 1. The maximum Gasteiger partial charge on any atom is 0.0636 e. The van der Waals surface area contributed by atoms with Crippen molar-refractivity contribution in [3.8, 4) is 0 Å². The fraction of sp³-hybridized carbons (Fsp3) is 0.750. The summed E-state index contributed by atoms with van der Waals surface area (Å²) in [6.07, 6.45) is 0.872. The van der Waals surface area contributed by atoms with E-state index >= 15 is 0 Å². The smallest absolute Gasteiger partial charge is 0.0636 e. The summed E-state index contributed by atoms with van der Waals surface area (Å²) in [5.41, 5.74) is 3.80. The Kier molecular flexibility index (Phi) is 6.12. The van der Waals surface area contributed by atoms with E-state index < -0.39 is 0 Å². The van der Waals surface area contributed by atoms with Gasteiger partial charge in [0.15, 0.2) is 0 Å². The third-order valence-electron chi connectivity index (χ3n) is 1.35. The monoisotopic (exact) mass is 158 g/mol. The van der Waals surface area contributed by atoms with E-state index in [2.05, 4.69) is 12.0 Å². The molecule has 0 heterocycles. The van der Waals surface area contributed by atoms with Gasteiger partial charge in [0.1, 0.15) is 0 Å². The topological polar surface area (TPSA) is 47.3 Å². The van der Waals surface area contributed by atoms with E-state index in [0.717, 1.165) is 18.6 Å². The van der Waals surface area contributed by atoms with Crippen LogP contribution in [0.5, 0.6) is 0 Å². The molecule has 0 aliphatic heterocycles. The van der Waals surface area contributed by atoms with Gasteiger partial charge in [0.25, 0.3) is 0 Å². The zero-order valence-electron chi connectivity index (χ0n) is 7.39. The molecule has 3 N–H and O–H groups in total. The van der Waals surface area contributed by atoms with Crippen molar-refractivity contribution >= 4 is 0 Å². The largest absolute Gasteiger partial charge is 0.380 e. The molecular weight excluding hydrogens is 140 g/mol. The Hall–Kier alpha value is -0.380. The standard InChI is InChI=1S/C8H18N2O/c1-4-11-6-8(10-9)5-7(2)3/h8,10H,2,4-6,9H2,1,3H3. The van der Waals surface area contributed by atoms with Gasteiger partial charge in [0.2, 0.25) is 0 Å². The van der Waals surface area contributed by atoms with Crippen LogP contribution in [0.2, 0.25) is 0 Å². The molecule has 0 radical (unpaired) electrons. The molecule has 0 amide bonds. The zero-order chi connectivity index (χ0) is 8.69. The number of rotatable bonds is 6. The van der Waals surface area contributed by atoms with Crippen molar-refractivity contribution in [3.63, 3.8) is 0 Å². The fourth-order valence-corrected chi connectivity index (χ4v) is 0.847. The van der Waals surface area contributed by atoms with Gasteiger partial charge >= 0.3 is 0 Å². The highest BCUT2D eigenvalue weighted by Crippen LogP contribution is 2.00. The first-order valence-corrected chi connectivity index (χ1v) is 3.89. The minimum Gasteiger partial charge on any atom is -0.380 e. The Morgan fingerprint density at radius 1 is 1.73 bits per heavy atom. The van der Waals surface area contributed by atoms with Crippen molar-refractivity contribution in [1.29, 1.82) is 0 Å². The van der Waals surface area contributed by atoms with Crippen LogP contribution in [0.3, 0.4) is 0 Å². The van der Waals surface area contributed by atoms with Crippen molar-refractivity contribution in [2.45, 2.75) is 26.3 Å². The highest BCUT2D eigenvalue weighted by Gasteiger charge is 2.05. The van der Waals surface area contributed by atoms with E-state index in [1.807, 2.05) is 13.8 Å². The highest BCUT2D eigenvalue weighted by atomic mass is 16.5. The van der Waals surface area contributed by atoms with Gasteiger partial charge in [-0.25, -0.2) is 0 Å². The third-order valence-corrected chi connectivity index (χ3v) is 1.35. The quantitative estimate of drug-likeness (QED) is 0.342. The van der Waals surface area contributed by atoms with Gasteiger partial charge in [-0.2, -0.15) is 0 Å². The van der Waals surface area contributed by atoms with Crippen LogP contribution in [0.1, 0.15) is 20.3 Å². The summed E-state index contributed by atoms with van der Waals surface area (Å²) in [7, 11) is 0. The fourth-order valence-electron chi connectivity index (χ4n) is 0.847. The minimum atomic E-state index is 0.201. The molecule has 1 atom stereocenters. The average molecular weight is 158 g/mol. The van der Waals surface area contributed by atoms with Gasteiger partial charge in [-0.15, -0.1) is 6.58 Å². The van der Waals surface area contributed by atoms with Crippen LogP contribution in [0, 0.1) is 0 Å². The maximum absolute atomic E-state index is 5.29. The van der Waals surface area contributed by atoms with Crippen molar-refractivity contribution in [2.75, 3.05) is 13.2 Å². The van der Waals surface area contributed by atoms with E-state index in [1.54, 1.807) is 0 Å². The van der Waals surface area contributed by atoms with Gasteiger partial charge < -0.3 is 4.74 Å². The molecule has 3 nitrogen and oxygen atoms in total. The second kappa shape index (κ2) is 6.34. The minimum absolute atomic E-state index is 0.201. The van der Waals surface area contributed by atoms with E-state index in [-0.39, 0.29) is 6.04 Å².